The van der Waals surface area contributed by atoms with Gasteiger partial charge in [0.2, 0.25) is 5.24 Å². The highest BCUT2D eigenvalue weighted by atomic mass is 35.5. The van der Waals surface area contributed by atoms with Crippen molar-refractivity contribution in [2.75, 3.05) is 6.54 Å². The van der Waals surface area contributed by atoms with E-state index in [2.05, 4.69) is 10.4 Å². The first kappa shape index (κ1) is 17.3. The molecule has 1 aromatic carbocycles. The number of ether oxygens (including phenoxy) is 1. The van der Waals surface area contributed by atoms with E-state index in [4.69, 9.17) is 27.9 Å². The monoisotopic (exact) mass is 355 g/mol. The van der Waals surface area contributed by atoms with Crippen LogP contribution in [-0.2, 0) is 11.5 Å². The average Bonchev–Trinajstić information content (AvgIpc) is 2.99. The molecule has 2 rings (SSSR count). The second-order valence-corrected chi connectivity index (χ2v) is 5.52. The minimum absolute atomic E-state index is 0.0948. The predicted octanol–water partition coefficient (Wildman–Crippen LogP) is 2.85. The Labute approximate surface area is 143 Å². The summed E-state index contributed by atoms with van der Waals surface area (Å²) < 4.78 is 6.99. The van der Waals surface area contributed by atoms with Gasteiger partial charge < -0.3 is 10.1 Å². The molecule has 122 valence electrons. The number of halogens is 2. The third kappa shape index (κ3) is 5.58. The molecular formula is C15H15Cl2N3O3. The van der Waals surface area contributed by atoms with Crippen molar-refractivity contribution in [2.24, 2.45) is 0 Å². The van der Waals surface area contributed by atoms with Gasteiger partial charge in [0.15, 0.2) is 6.73 Å². The van der Waals surface area contributed by atoms with Crippen LogP contribution in [0.15, 0.2) is 36.5 Å². The molecular weight excluding hydrogens is 341 g/mol. The first-order valence-electron chi connectivity index (χ1n) is 6.93. The summed E-state index contributed by atoms with van der Waals surface area (Å²) in [6, 6.07) is 8.48. The van der Waals surface area contributed by atoms with E-state index >= 15 is 0 Å². The standard InChI is InChI=1S/C15H15Cl2N3O3/c16-11-3-5-12(6-4-11)23-10-20-13(7-9-19-20)15(22)18-8-1-2-14(17)21/h3-7,9H,1-2,8,10H2,(H,18,22). The van der Waals surface area contributed by atoms with Crippen LogP contribution in [0.5, 0.6) is 5.75 Å². The Morgan fingerprint density at radius 1 is 1.22 bits per heavy atom. The molecule has 23 heavy (non-hydrogen) atoms. The molecule has 0 unspecified atom stereocenters. The van der Waals surface area contributed by atoms with Crippen LogP contribution in [0.3, 0.4) is 0 Å². The van der Waals surface area contributed by atoms with Crippen LogP contribution in [-0.4, -0.2) is 27.5 Å². The van der Waals surface area contributed by atoms with Crippen molar-refractivity contribution in [2.45, 2.75) is 19.6 Å². The molecule has 2 aromatic rings. The molecule has 1 heterocycles. The van der Waals surface area contributed by atoms with Crippen molar-refractivity contribution < 1.29 is 14.3 Å². The largest absolute Gasteiger partial charge is 0.471 e. The van der Waals surface area contributed by atoms with Crippen LogP contribution in [0.2, 0.25) is 5.02 Å². The Morgan fingerprint density at radius 2 is 1.96 bits per heavy atom. The molecule has 0 fully saturated rings. The molecule has 0 radical (unpaired) electrons. The van der Waals surface area contributed by atoms with Crippen molar-refractivity contribution in [3.63, 3.8) is 0 Å². The number of benzene rings is 1. The lowest BCUT2D eigenvalue weighted by atomic mass is 10.3. The maximum absolute atomic E-state index is 12.1. The highest BCUT2D eigenvalue weighted by Gasteiger charge is 2.12. The summed E-state index contributed by atoms with van der Waals surface area (Å²) in [6.07, 6.45) is 2.23. The number of carbonyl (C=O) groups is 2. The van der Waals surface area contributed by atoms with Crippen molar-refractivity contribution in [1.29, 1.82) is 0 Å². The van der Waals surface area contributed by atoms with E-state index < -0.39 is 5.24 Å². The summed E-state index contributed by atoms with van der Waals surface area (Å²) in [4.78, 5) is 22.7. The molecule has 1 amide bonds. The van der Waals surface area contributed by atoms with E-state index in [1.807, 2.05) is 0 Å². The van der Waals surface area contributed by atoms with E-state index in [0.717, 1.165) is 0 Å². The molecule has 0 saturated carbocycles. The number of carbonyl (C=O) groups excluding carboxylic acids is 2. The fourth-order valence-electron chi connectivity index (χ4n) is 1.81. The lowest BCUT2D eigenvalue weighted by Crippen LogP contribution is -2.28. The van der Waals surface area contributed by atoms with Crippen LogP contribution in [0.4, 0.5) is 0 Å². The van der Waals surface area contributed by atoms with Gasteiger partial charge in [-0.2, -0.15) is 5.10 Å². The summed E-state index contributed by atoms with van der Waals surface area (Å²) in [7, 11) is 0. The van der Waals surface area contributed by atoms with Gasteiger partial charge in [0.05, 0.1) is 0 Å². The fourth-order valence-corrected chi connectivity index (χ4v) is 2.07. The van der Waals surface area contributed by atoms with Crippen LogP contribution in [0.25, 0.3) is 0 Å². The van der Waals surface area contributed by atoms with Gasteiger partial charge in [-0.15, -0.1) is 0 Å². The number of rotatable bonds is 8. The first-order valence-corrected chi connectivity index (χ1v) is 7.68. The number of amides is 1. The molecule has 1 N–H and O–H groups in total. The first-order chi connectivity index (χ1) is 11.1. The summed E-state index contributed by atoms with van der Waals surface area (Å²) in [5.74, 6) is 0.334. The Bertz CT molecular complexity index is 671. The fraction of sp³-hybridized carbons (Fsp3) is 0.267. The van der Waals surface area contributed by atoms with Crippen molar-refractivity contribution in [1.82, 2.24) is 15.1 Å². The molecule has 0 aliphatic carbocycles. The Balaban J connectivity index is 1.87. The molecule has 8 heteroatoms. The molecule has 0 bridgehead atoms. The van der Waals surface area contributed by atoms with E-state index in [1.54, 1.807) is 30.3 Å². The highest BCUT2D eigenvalue weighted by molar-refractivity contribution is 6.63. The van der Waals surface area contributed by atoms with Crippen LogP contribution in [0, 0.1) is 0 Å². The lowest BCUT2D eigenvalue weighted by Gasteiger charge is -2.10. The zero-order valence-corrected chi connectivity index (χ0v) is 13.7. The zero-order chi connectivity index (χ0) is 16.7. The minimum atomic E-state index is -0.416. The van der Waals surface area contributed by atoms with Gasteiger partial charge in [0.25, 0.3) is 5.91 Å². The Hall–Kier alpha value is -2.05. The summed E-state index contributed by atoms with van der Waals surface area (Å²) >= 11 is 11.0. The second-order valence-electron chi connectivity index (χ2n) is 4.66. The normalized spacial score (nSPS) is 10.3. The lowest BCUT2D eigenvalue weighted by molar-refractivity contribution is -0.111. The molecule has 6 nitrogen and oxygen atoms in total. The van der Waals surface area contributed by atoms with Gasteiger partial charge >= 0.3 is 0 Å². The van der Waals surface area contributed by atoms with E-state index in [1.165, 1.54) is 10.9 Å². The third-order valence-electron chi connectivity index (χ3n) is 2.95. The minimum Gasteiger partial charge on any atom is -0.471 e. The smallest absolute Gasteiger partial charge is 0.269 e. The Morgan fingerprint density at radius 3 is 2.65 bits per heavy atom. The van der Waals surface area contributed by atoms with Gasteiger partial charge in [0.1, 0.15) is 11.4 Å². The zero-order valence-electron chi connectivity index (χ0n) is 12.2. The van der Waals surface area contributed by atoms with Gasteiger partial charge in [-0.25, -0.2) is 4.68 Å². The molecule has 1 aromatic heterocycles. The van der Waals surface area contributed by atoms with Gasteiger partial charge in [-0.1, -0.05) is 11.6 Å². The van der Waals surface area contributed by atoms with E-state index in [-0.39, 0.29) is 19.1 Å². The molecule has 0 aliphatic rings. The third-order valence-corrected chi connectivity index (χ3v) is 3.39. The summed E-state index contributed by atoms with van der Waals surface area (Å²) in [5.41, 5.74) is 0.371. The quantitative estimate of drug-likeness (QED) is 0.583. The second kappa shape index (κ2) is 8.55. The maximum Gasteiger partial charge on any atom is 0.269 e. The number of hydrogen-bond donors (Lipinski definition) is 1. The van der Waals surface area contributed by atoms with E-state index in [9.17, 15) is 9.59 Å². The number of nitrogens with zero attached hydrogens (tertiary/aromatic N) is 2. The van der Waals surface area contributed by atoms with Crippen molar-refractivity contribution in [3.05, 3.63) is 47.2 Å². The van der Waals surface area contributed by atoms with Gasteiger partial charge in [0, 0.05) is 24.2 Å². The van der Waals surface area contributed by atoms with Crippen LogP contribution in [0.1, 0.15) is 23.3 Å². The van der Waals surface area contributed by atoms with Crippen LogP contribution < -0.4 is 10.1 Å². The summed E-state index contributed by atoms with van der Waals surface area (Å²) in [6.45, 7) is 0.456. The molecule has 0 aliphatic heterocycles. The highest BCUT2D eigenvalue weighted by Crippen LogP contribution is 2.16. The Kier molecular flexibility index (Phi) is 6.43. The van der Waals surface area contributed by atoms with Crippen LogP contribution >= 0.6 is 23.2 Å². The van der Waals surface area contributed by atoms with Crippen molar-refractivity contribution >= 4 is 34.4 Å². The van der Waals surface area contributed by atoms with E-state index in [0.29, 0.717) is 29.4 Å². The molecule has 0 atom stereocenters. The average molecular weight is 356 g/mol. The van der Waals surface area contributed by atoms with Gasteiger partial charge in [-0.05, 0) is 48.4 Å². The van der Waals surface area contributed by atoms with Crippen molar-refractivity contribution in [3.8, 4) is 5.75 Å². The maximum atomic E-state index is 12.1. The SMILES string of the molecule is O=C(Cl)CCCNC(=O)c1ccnn1COc1ccc(Cl)cc1. The predicted molar refractivity (Wildman–Crippen MR) is 86.7 cm³/mol. The molecule has 0 saturated heterocycles. The number of hydrogen-bond acceptors (Lipinski definition) is 4. The summed E-state index contributed by atoms with van der Waals surface area (Å²) in [5, 5.41) is 6.96. The van der Waals surface area contributed by atoms with Gasteiger partial charge in [-0.3, -0.25) is 9.59 Å². The molecule has 0 spiro atoms. The topological polar surface area (TPSA) is 73.2 Å². The number of nitrogens with one attached hydrogen (secondary N) is 1. The number of aromatic nitrogens is 2.